The average molecular weight is 337 g/mol. The van der Waals surface area contributed by atoms with Crippen LogP contribution in [0.25, 0.3) is 0 Å². The molecule has 1 aromatic carbocycles. The molecule has 4 rings (SSSR count). The molecule has 132 valence electrons. The number of ketones is 1. The second-order valence-corrected chi connectivity index (χ2v) is 7.31. The van der Waals surface area contributed by atoms with Crippen molar-refractivity contribution in [1.29, 1.82) is 0 Å². The molecular formula is C21H27N3O. The van der Waals surface area contributed by atoms with Gasteiger partial charge in [0.25, 0.3) is 0 Å². The van der Waals surface area contributed by atoms with Gasteiger partial charge in [-0.25, -0.2) is 0 Å². The van der Waals surface area contributed by atoms with Crippen LogP contribution in [0.1, 0.15) is 34.5 Å². The lowest BCUT2D eigenvalue weighted by atomic mass is 9.97. The Morgan fingerprint density at radius 2 is 1.84 bits per heavy atom. The van der Waals surface area contributed by atoms with E-state index in [0.29, 0.717) is 5.78 Å². The highest BCUT2D eigenvalue weighted by atomic mass is 16.1. The number of rotatable bonds is 4. The highest BCUT2D eigenvalue weighted by Gasteiger charge is 2.21. The van der Waals surface area contributed by atoms with Gasteiger partial charge in [0.1, 0.15) is 0 Å². The second kappa shape index (κ2) is 7.04. The van der Waals surface area contributed by atoms with Crippen LogP contribution in [0.3, 0.4) is 0 Å². The quantitative estimate of drug-likeness (QED) is 0.858. The van der Waals surface area contributed by atoms with E-state index in [2.05, 4.69) is 51.8 Å². The molecule has 0 saturated carbocycles. The standard InChI is InChI=1S/C21H27N3O/c1-17-4-2-5-18(16-17)23-13-10-22(11-14-23)12-15-24-9-8-19-20(24)6-3-7-21(19)25/h2,4-5,8-9,16H,3,6-7,10-15H2,1H3. The first-order valence-corrected chi connectivity index (χ1v) is 9.46. The molecule has 0 atom stereocenters. The molecule has 1 aromatic heterocycles. The van der Waals surface area contributed by atoms with Crippen molar-refractivity contribution in [2.24, 2.45) is 0 Å². The maximum atomic E-state index is 12.0. The molecule has 2 aliphatic rings. The maximum absolute atomic E-state index is 12.0. The number of nitrogens with zero attached hydrogens (tertiary/aromatic N) is 3. The Morgan fingerprint density at radius 3 is 2.64 bits per heavy atom. The van der Waals surface area contributed by atoms with Crippen LogP contribution < -0.4 is 4.90 Å². The third kappa shape index (κ3) is 3.49. The van der Waals surface area contributed by atoms with Crippen LogP contribution in [-0.4, -0.2) is 48.0 Å². The van der Waals surface area contributed by atoms with E-state index in [9.17, 15) is 4.79 Å². The zero-order chi connectivity index (χ0) is 17.2. The number of carbonyl (C=O) groups is 1. The van der Waals surface area contributed by atoms with Crippen LogP contribution in [0.5, 0.6) is 0 Å². The zero-order valence-corrected chi connectivity index (χ0v) is 15.1. The number of carbonyl (C=O) groups excluding carboxylic acids is 1. The number of benzene rings is 1. The van der Waals surface area contributed by atoms with Gasteiger partial charge in [-0.2, -0.15) is 0 Å². The minimum absolute atomic E-state index is 0.326. The molecule has 0 unspecified atom stereocenters. The number of aryl methyl sites for hydroxylation is 1. The lowest BCUT2D eigenvalue weighted by Crippen LogP contribution is -2.47. The fraction of sp³-hybridized carbons (Fsp3) is 0.476. The molecule has 4 heteroatoms. The van der Waals surface area contributed by atoms with Gasteiger partial charge in [0, 0.05) is 68.8 Å². The van der Waals surface area contributed by atoms with Gasteiger partial charge in [0.15, 0.2) is 5.78 Å². The van der Waals surface area contributed by atoms with Gasteiger partial charge in [-0.1, -0.05) is 12.1 Å². The van der Waals surface area contributed by atoms with Crippen LogP contribution in [-0.2, 0) is 13.0 Å². The smallest absolute Gasteiger partial charge is 0.164 e. The highest BCUT2D eigenvalue weighted by Crippen LogP contribution is 2.22. The van der Waals surface area contributed by atoms with E-state index in [0.717, 1.165) is 64.1 Å². The molecule has 25 heavy (non-hydrogen) atoms. The first-order valence-electron chi connectivity index (χ1n) is 9.46. The molecule has 0 N–H and O–H groups in total. The monoisotopic (exact) mass is 337 g/mol. The Morgan fingerprint density at radius 1 is 1.00 bits per heavy atom. The van der Waals surface area contributed by atoms with E-state index < -0.39 is 0 Å². The van der Waals surface area contributed by atoms with E-state index in [1.807, 2.05) is 6.07 Å². The summed E-state index contributed by atoms with van der Waals surface area (Å²) in [4.78, 5) is 17.0. The van der Waals surface area contributed by atoms with E-state index in [1.165, 1.54) is 16.9 Å². The number of fused-ring (bicyclic) bond motifs is 1. The van der Waals surface area contributed by atoms with Gasteiger partial charge >= 0.3 is 0 Å². The third-order valence-corrected chi connectivity index (χ3v) is 5.59. The Kier molecular flexibility index (Phi) is 4.62. The molecule has 2 heterocycles. The Labute approximate surface area is 150 Å². The van der Waals surface area contributed by atoms with Gasteiger partial charge in [0.2, 0.25) is 0 Å². The summed E-state index contributed by atoms with van der Waals surface area (Å²) in [6.45, 7) is 8.61. The fourth-order valence-corrected chi connectivity index (χ4v) is 4.10. The molecule has 1 aliphatic heterocycles. The van der Waals surface area contributed by atoms with Gasteiger partial charge in [-0.3, -0.25) is 9.69 Å². The topological polar surface area (TPSA) is 28.5 Å². The predicted molar refractivity (Wildman–Crippen MR) is 102 cm³/mol. The molecule has 2 aromatic rings. The van der Waals surface area contributed by atoms with Crippen molar-refractivity contribution in [2.45, 2.75) is 32.7 Å². The van der Waals surface area contributed by atoms with Crippen molar-refractivity contribution in [3.05, 3.63) is 53.3 Å². The summed E-state index contributed by atoms with van der Waals surface area (Å²) in [5.74, 6) is 0.326. The minimum Gasteiger partial charge on any atom is -0.369 e. The van der Waals surface area contributed by atoms with Crippen LogP contribution in [0.2, 0.25) is 0 Å². The summed E-state index contributed by atoms with van der Waals surface area (Å²) in [5, 5.41) is 0. The van der Waals surface area contributed by atoms with Crippen molar-refractivity contribution in [2.75, 3.05) is 37.6 Å². The third-order valence-electron chi connectivity index (χ3n) is 5.59. The van der Waals surface area contributed by atoms with Crippen molar-refractivity contribution in [3.8, 4) is 0 Å². The first-order chi connectivity index (χ1) is 12.2. The molecule has 0 amide bonds. The lowest BCUT2D eigenvalue weighted by Gasteiger charge is -2.36. The summed E-state index contributed by atoms with van der Waals surface area (Å²) >= 11 is 0. The molecule has 1 aliphatic carbocycles. The Bertz CT molecular complexity index is 756. The van der Waals surface area contributed by atoms with E-state index in [-0.39, 0.29) is 0 Å². The van der Waals surface area contributed by atoms with Crippen LogP contribution in [0, 0.1) is 6.92 Å². The van der Waals surface area contributed by atoms with Crippen LogP contribution in [0.15, 0.2) is 36.5 Å². The molecule has 4 nitrogen and oxygen atoms in total. The largest absolute Gasteiger partial charge is 0.369 e. The number of piperazine rings is 1. The molecule has 1 saturated heterocycles. The SMILES string of the molecule is Cc1cccc(N2CCN(CCn3ccc4c3CCCC4=O)CC2)c1. The average Bonchev–Trinajstić information content (AvgIpc) is 3.05. The molecule has 1 fully saturated rings. The summed E-state index contributed by atoms with van der Waals surface area (Å²) in [6, 6.07) is 10.8. The second-order valence-electron chi connectivity index (χ2n) is 7.31. The molecule has 0 bridgehead atoms. The number of anilines is 1. The van der Waals surface area contributed by atoms with Crippen molar-refractivity contribution >= 4 is 11.5 Å². The van der Waals surface area contributed by atoms with Crippen LogP contribution in [0.4, 0.5) is 5.69 Å². The van der Waals surface area contributed by atoms with Gasteiger partial charge in [0.05, 0.1) is 0 Å². The number of hydrogen-bond donors (Lipinski definition) is 0. The highest BCUT2D eigenvalue weighted by molar-refractivity contribution is 5.98. The first kappa shape index (κ1) is 16.4. The van der Waals surface area contributed by atoms with Gasteiger partial charge in [-0.15, -0.1) is 0 Å². The summed E-state index contributed by atoms with van der Waals surface area (Å²) in [5.41, 5.74) is 4.90. The van der Waals surface area contributed by atoms with E-state index in [4.69, 9.17) is 0 Å². The summed E-state index contributed by atoms with van der Waals surface area (Å²) < 4.78 is 2.30. The Balaban J connectivity index is 1.32. The van der Waals surface area contributed by atoms with Crippen LogP contribution >= 0.6 is 0 Å². The van der Waals surface area contributed by atoms with Crippen molar-refractivity contribution in [3.63, 3.8) is 0 Å². The van der Waals surface area contributed by atoms with Gasteiger partial charge in [-0.05, 0) is 43.5 Å². The van der Waals surface area contributed by atoms with E-state index >= 15 is 0 Å². The van der Waals surface area contributed by atoms with E-state index in [1.54, 1.807) is 0 Å². The lowest BCUT2D eigenvalue weighted by molar-refractivity contribution is 0.0971. The summed E-state index contributed by atoms with van der Waals surface area (Å²) in [6.07, 6.45) is 4.88. The number of Topliss-reactive ketones (excluding diaryl/α,β-unsaturated/α-hetero) is 1. The Hall–Kier alpha value is -2.07. The van der Waals surface area contributed by atoms with Crippen molar-refractivity contribution < 1.29 is 4.79 Å². The zero-order valence-electron chi connectivity index (χ0n) is 15.1. The minimum atomic E-state index is 0.326. The fourth-order valence-electron chi connectivity index (χ4n) is 4.10. The predicted octanol–water partition coefficient (Wildman–Crippen LogP) is 3.14. The molecule has 0 radical (unpaired) electrons. The van der Waals surface area contributed by atoms with Gasteiger partial charge < -0.3 is 9.47 Å². The summed E-state index contributed by atoms with van der Waals surface area (Å²) in [7, 11) is 0. The molecule has 0 spiro atoms. The molecular weight excluding hydrogens is 310 g/mol. The van der Waals surface area contributed by atoms with Crippen molar-refractivity contribution in [1.82, 2.24) is 9.47 Å². The maximum Gasteiger partial charge on any atom is 0.164 e. The number of aromatic nitrogens is 1. The number of hydrogen-bond acceptors (Lipinski definition) is 3. The normalized spacial score (nSPS) is 18.4.